The van der Waals surface area contributed by atoms with Gasteiger partial charge in [-0.2, -0.15) is 0 Å². The van der Waals surface area contributed by atoms with Gasteiger partial charge in [0.1, 0.15) is 12.4 Å². The first-order valence-corrected chi connectivity index (χ1v) is 19.3. The zero-order valence-corrected chi connectivity index (χ0v) is 31.5. The van der Waals surface area contributed by atoms with E-state index in [1.165, 1.54) is 31.3 Å². The van der Waals surface area contributed by atoms with Crippen LogP contribution in [-0.2, 0) is 20.9 Å². The minimum absolute atomic E-state index is 0.0277. The Morgan fingerprint density at radius 2 is 1.92 bits per heavy atom. The van der Waals surface area contributed by atoms with Crippen LogP contribution in [0.1, 0.15) is 82.2 Å². The van der Waals surface area contributed by atoms with Crippen molar-refractivity contribution in [3.05, 3.63) is 71.8 Å². The van der Waals surface area contributed by atoms with Crippen molar-refractivity contribution < 1.29 is 23.8 Å². The second kappa shape index (κ2) is 20.0. The monoisotopic (exact) mass is 728 g/mol. The van der Waals surface area contributed by atoms with Crippen LogP contribution in [0.2, 0.25) is 0 Å². The van der Waals surface area contributed by atoms with Crippen molar-refractivity contribution in [2.45, 2.75) is 89.2 Å². The van der Waals surface area contributed by atoms with Gasteiger partial charge >= 0.3 is 6.09 Å². The van der Waals surface area contributed by atoms with Gasteiger partial charge in [-0.15, -0.1) is 10.2 Å². The largest absolute Gasteiger partial charge is 0.486 e. The van der Waals surface area contributed by atoms with Crippen LogP contribution in [-0.4, -0.2) is 69.9 Å². The molecule has 2 heterocycles. The molecule has 2 saturated carbocycles. The molecule has 3 aromatic rings. The summed E-state index contributed by atoms with van der Waals surface area (Å²) in [5.41, 5.74) is 3.86. The SMILES string of the molecule is C=C1CC(CC)CC(C)C1CC(=O)NCCOCCNC(=O)OCC#Cc1ccc(OCc2nnc(SC3CCCC3)n2-c2cccnc2)cc1C. The second-order valence-corrected chi connectivity index (χ2v) is 14.9. The molecule has 2 aromatic heterocycles. The van der Waals surface area contributed by atoms with E-state index in [0.29, 0.717) is 54.8 Å². The molecule has 3 unspecified atom stereocenters. The summed E-state index contributed by atoms with van der Waals surface area (Å²) in [4.78, 5) is 28.8. The van der Waals surface area contributed by atoms with Gasteiger partial charge in [0.25, 0.3) is 0 Å². The minimum Gasteiger partial charge on any atom is -0.486 e. The fraction of sp³-hybridized carbons (Fsp3) is 0.525. The fourth-order valence-electron chi connectivity index (χ4n) is 6.89. The number of ether oxygens (including phenoxy) is 3. The van der Waals surface area contributed by atoms with Crippen LogP contribution in [0.4, 0.5) is 4.79 Å². The molecular formula is C40H52N6O5S. The summed E-state index contributed by atoms with van der Waals surface area (Å²) in [5.74, 6) is 8.80. The molecule has 0 saturated heterocycles. The smallest absolute Gasteiger partial charge is 0.408 e. The molecule has 5 rings (SSSR count). The van der Waals surface area contributed by atoms with Crippen LogP contribution < -0.4 is 15.4 Å². The molecule has 2 aliphatic rings. The number of amides is 2. The number of hydrogen-bond acceptors (Lipinski definition) is 9. The summed E-state index contributed by atoms with van der Waals surface area (Å²) in [6.07, 6.45) is 11.7. The van der Waals surface area contributed by atoms with Crippen LogP contribution in [0.3, 0.4) is 0 Å². The Bertz CT molecular complexity index is 1700. The van der Waals surface area contributed by atoms with E-state index in [2.05, 4.69) is 58.1 Å². The lowest BCUT2D eigenvalue weighted by Crippen LogP contribution is -2.33. The number of thioether (sulfide) groups is 1. The Morgan fingerprint density at radius 1 is 1.12 bits per heavy atom. The predicted molar refractivity (Wildman–Crippen MR) is 202 cm³/mol. The molecule has 1 aromatic carbocycles. The molecular weight excluding hydrogens is 677 g/mol. The average molecular weight is 729 g/mol. The highest BCUT2D eigenvalue weighted by atomic mass is 32.2. The summed E-state index contributed by atoms with van der Waals surface area (Å²) < 4.78 is 18.9. The highest BCUT2D eigenvalue weighted by molar-refractivity contribution is 7.99. The van der Waals surface area contributed by atoms with Crippen molar-refractivity contribution in [2.24, 2.45) is 17.8 Å². The Kier molecular flexibility index (Phi) is 15.0. The van der Waals surface area contributed by atoms with Gasteiger partial charge in [-0.3, -0.25) is 14.3 Å². The maximum absolute atomic E-state index is 12.4. The third kappa shape index (κ3) is 11.6. The first kappa shape index (κ1) is 38.9. The van der Waals surface area contributed by atoms with Crippen molar-refractivity contribution >= 4 is 23.8 Å². The average Bonchev–Trinajstić information content (AvgIpc) is 3.81. The Labute approximate surface area is 312 Å². The first-order valence-electron chi connectivity index (χ1n) is 18.5. The molecule has 0 bridgehead atoms. The van der Waals surface area contributed by atoms with Crippen molar-refractivity contribution in [2.75, 3.05) is 32.9 Å². The molecule has 2 fully saturated rings. The van der Waals surface area contributed by atoms with E-state index in [1.54, 1.807) is 18.0 Å². The molecule has 2 amide bonds. The van der Waals surface area contributed by atoms with E-state index in [9.17, 15) is 9.59 Å². The summed E-state index contributed by atoms with van der Waals surface area (Å²) in [6, 6.07) is 9.59. The number of nitrogens with one attached hydrogen (secondary N) is 2. The second-order valence-electron chi connectivity index (χ2n) is 13.7. The van der Waals surface area contributed by atoms with Gasteiger partial charge in [-0.1, -0.05) is 68.9 Å². The Balaban J connectivity index is 0.970. The maximum atomic E-state index is 12.4. The number of carbonyl (C=O) groups is 2. The number of carbonyl (C=O) groups excluding carboxylic acids is 2. The summed E-state index contributed by atoms with van der Waals surface area (Å²) >= 11 is 1.78. The molecule has 52 heavy (non-hydrogen) atoms. The summed E-state index contributed by atoms with van der Waals surface area (Å²) in [6.45, 7) is 12.2. The number of allylic oxidation sites excluding steroid dienone is 1. The molecule has 11 nitrogen and oxygen atoms in total. The standard InChI is InChI=1S/C40H52N6O5S/c1-5-31-22-29(3)36(30(4)23-31)25-38(47)42-17-20-49-21-18-43-40(48)50-19-9-10-32-14-15-34(24-28(32)2)51-27-37-44-45-39(52-35-12-6-7-13-35)46(37)33-11-8-16-41-26-33/h8,11,14-16,24,26,30-31,35-36H,3,5-7,12-13,17-23,25,27H2,1-2,4H3,(H,42,47)(H,43,48). The molecule has 0 aliphatic heterocycles. The van der Waals surface area contributed by atoms with E-state index >= 15 is 0 Å². The number of benzene rings is 1. The third-order valence-corrected chi connectivity index (χ3v) is 11.1. The van der Waals surface area contributed by atoms with Crippen LogP contribution in [0, 0.1) is 36.5 Å². The summed E-state index contributed by atoms with van der Waals surface area (Å²) in [5, 5.41) is 16.0. The number of rotatable bonds is 16. The predicted octanol–water partition coefficient (Wildman–Crippen LogP) is 6.81. The van der Waals surface area contributed by atoms with E-state index in [4.69, 9.17) is 14.2 Å². The minimum atomic E-state index is -0.567. The zero-order valence-electron chi connectivity index (χ0n) is 30.7. The van der Waals surface area contributed by atoms with Gasteiger partial charge in [-0.05, 0) is 86.3 Å². The molecule has 3 atom stereocenters. The van der Waals surface area contributed by atoms with Gasteiger partial charge < -0.3 is 24.8 Å². The van der Waals surface area contributed by atoms with Crippen molar-refractivity contribution in [1.29, 1.82) is 0 Å². The Morgan fingerprint density at radius 3 is 2.65 bits per heavy atom. The topological polar surface area (TPSA) is 129 Å². The molecule has 0 spiro atoms. The zero-order chi connectivity index (χ0) is 36.7. The lowest BCUT2D eigenvalue weighted by Gasteiger charge is -2.35. The van der Waals surface area contributed by atoms with Gasteiger partial charge in [0, 0.05) is 36.5 Å². The normalized spacial score (nSPS) is 18.8. The number of hydrogen-bond donors (Lipinski definition) is 2. The number of pyridine rings is 1. The first-order chi connectivity index (χ1) is 25.3. The van der Waals surface area contributed by atoms with Crippen LogP contribution in [0.15, 0.2) is 60.0 Å². The number of alkyl carbamates (subject to hydrolysis) is 1. The number of aromatic nitrogens is 4. The van der Waals surface area contributed by atoms with Crippen molar-refractivity contribution in [1.82, 2.24) is 30.4 Å². The highest BCUT2D eigenvalue weighted by Gasteiger charge is 2.31. The Hall–Kier alpha value is -4.34. The number of nitrogens with zero attached hydrogens (tertiary/aromatic N) is 4. The molecule has 12 heteroatoms. The van der Waals surface area contributed by atoms with Crippen molar-refractivity contribution in [3.8, 4) is 23.3 Å². The van der Waals surface area contributed by atoms with Gasteiger partial charge in [0.05, 0.1) is 25.1 Å². The van der Waals surface area contributed by atoms with Gasteiger partial charge in [-0.25, -0.2) is 4.79 Å². The van der Waals surface area contributed by atoms with E-state index in [-0.39, 0.29) is 31.6 Å². The van der Waals surface area contributed by atoms with E-state index in [0.717, 1.165) is 41.2 Å². The van der Waals surface area contributed by atoms with E-state index in [1.807, 2.05) is 48.0 Å². The molecule has 278 valence electrons. The van der Waals surface area contributed by atoms with E-state index < -0.39 is 6.09 Å². The van der Waals surface area contributed by atoms with Crippen LogP contribution >= 0.6 is 11.8 Å². The lowest BCUT2D eigenvalue weighted by atomic mass is 9.70. The third-order valence-electron chi connectivity index (χ3n) is 9.78. The molecule has 0 radical (unpaired) electrons. The van der Waals surface area contributed by atoms with Gasteiger partial charge in [0.15, 0.2) is 17.6 Å². The fourth-order valence-corrected chi connectivity index (χ4v) is 8.16. The van der Waals surface area contributed by atoms with Crippen LogP contribution in [0.25, 0.3) is 5.69 Å². The molecule has 2 N–H and O–H groups in total. The van der Waals surface area contributed by atoms with Crippen molar-refractivity contribution in [3.63, 3.8) is 0 Å². The maximum Gasteiger partial charge on any atom is 0.408 e. The lowest BCUT2D eigenvalue weighted by molar-refractivity contribution is -0.122. The highest BCUT2D eigenvalue weighted by Crippen LogP contribution is 2.40. The quantitative estimate of drug-likeness (QED) is 0.0928. The molecule has 2 aliphatic carbocycles. The van der Waals surface area contributed by atoms with Gasteiger partial charge in [0.2, 0.25) is 5.91 Å². The summed E-state index contributed by atoms with van der Waals surface area (Å²) in [7, 11) is 0. The van der Waals surface area contributed by atoms with Crippen LogP contribution in [0.5, 0.6) is 5.75 Å². The number of aryl methyl sites for hydroxylation is 1.